The number of aliphatic hydroxyl groups is 1. The number of hydrogen-bond donors (Lipinski definition) is 2. The van der Waals surface area contributed by atoms with Gasteiger partial charge >= 0.3 is 0 Å². The molecular formula is C12H26N2O. The first-order chi connectivity index (χ1) is 7.26. The average molecular weight is 214 g/mol. The van der Waals surface area contributed by atoms with E-state index >= 15 is 0 Å². The molecule has 0 aromatic rings. The lowest BCUT2D eigenvalue weighted by Gasteiger charge is -2.33. The van der Waals surface area contributed by atoms with E-state index in [1.54, 1.807) is 0 Å². The van der Waals surface area contributed by atoms with Crippen LogP contribution in [0.4, 0.5) is 0 Å². The quantitative estimate of drug-likeness (QED) is 0.698. The van der Waals surface area contributed by atoms with Gasteiger partial charge < -0.3 is 15.3 Å². The van der Waals surface area contributed by atoms with Crippen LogP contribution >= 0.6 is 0 Å². The fourth-order valence-electron chi connectivity index (χ4n) is 2.10. The van der Waals surface area contributed by atoms with Crippen molar-refractivity contribution in [1.29, 1.82) is 0 Å². The van der Waals surface area contributed by atoms with Crippen molar-refractivity contribution < 1.29 is 5.11 Å². The van der Waals surface area contributed by atoms with E-state index in [0.717, 1.165) is 32.6 Å². The molecule has 1 aliphatic rings. The molecule has 2 N–H and O–H groups in total. The van der Waals surface area contributed by atoms with Gasteiger partial charge in [-0.2, -0.15) is 0 Å². The van der Waals surface area contributed by atoms with Crippen molar-refractivity contribution in [2.45, 2.75) is 51.7 Å². The molecule has 0 saturated carbocycles. The number of hydrogen-bond acceptors (Lipinski definition) is 3. The Morgan fingerprint density at radius 3 is 2.53 bits per heavy atom. The third-order valence-corrected chi connectivity index (χ3v) is 3.21. The predicted molar refractivity (Wildman–Crippen MR) is 64.1 cm³/mol. The molecule has 0 spiro atoms. The molecule has 15 heavy (non-hydrogen) atoms. The van der Waals surface area contributed by atoms with Crippen molar-refractivity contribution in [3.63, 3.8) is 0 Å². The molecule has 3 nitrogen and oxygen atoms in total. The topological polar surface area (TPSA) is 35.5 Å². The van der Waals surface area contributed by atoms with Gasteiger partial charge in [-0.15, -0.1) is 0 Å². The monoisotopic (exact) mass is 214 g/mol. The van der Waals surface area contributed by atoms with Crippen LogP contribution in [0.3, 0.4) is 0 Å². The lowest BCUT2D eigenvalue weighted by atomic mass is 10.0. The van der Waals surface area contributed by atoms with E-state index in [4.69, 9.17) is 0 Å². The molecule has 1 atom stereocenters. The Morgan fingerprint density at radius 1 is 1.33 bits per heavy atom. The highest BCUT2D eigenvalue weighted by molar-refractivity contribution is 4.78. The molecule has 1 unspecified atom stereocenters. The maximum atomic E-state index is 9.56. The van der Waals surface area contributed by atoms with Gasteiger partial charge in [0.15, 0.2) is 0 Å². The zero-order valence-electron chi connectivity index (χ0n) is 10.2. The van der Waals surface area contributed by atoms with Gasteiger partial charge in [-0.25, -0.2) is 0 Å². The molecule has 1 heterocycles. The van der Waals surface area contributed by atoms with E-state index in [9.17, 15) is 5.11 Å². The second kappa shape index (κ2) is 7.20. The molecule has 3 heteroatoms. The van der Waals surface area contributed by atoms with E-state index in [1.807, 2.05) is 6.92 Å². The van der Waals surface area contributed by atoms with Crippen molar-refractivity contribution in [2.75, 3.05) is 26.2 Å². The number of rotatable bonds is 6. The van der Waals surface area contributed by atoms with Crippen LogP contribution in [-0.2, 0) is 0 Å². The minimum Gasteiger partial charge on any atom is -0.392 e. The normalized spacial score (nSPS) is 21.8. The van der Waals surface area contributed by atoms with Crippen molar-refractivity contribution in [3.05, 3.63) is 0 Å². The Hall–Kier alpha value is -0.120. The van der Waals surface area contributed by atoms with Gasteiger partial charge in [-0.3, -0.25) is 0 Å². The van der Waals surface area contributed by atoms with E-state index in [0.29, 0.717) is 6.04 Å². The van der Waals surface area contributed by atoms with Crippen LogP contribution in [0.5, 0.6) is 0 Å². The maximum Gasteiger partial charge on any atom is 0.0664 e. The first kappa shape index (κ1) is 12.9. The summed E-state index contributed by atoms with van der Waals surface area (Å²) in [4.78, 5) is 2.39. The first-order valence-corrected chi connectivity index (χ1v) is 6.40. The highest BCUT2D eigenvalue weighted by atomic mass is 16.3. The molecular weight excluding hydrogens is 188 g/mol. The van der Waals surface area contributed by atoms with Crippen LogP contribution in [-0.4, -0.2) is 48.3 Å². The molecule has 0 radical (unpaired) electrons. The first-order valence-electron chi connectivity index (χ1n) is 6.40. The molecule has 0 aromatic carbocycles. The van der Waals surface area contributed by atoms with Crippen LogP contribution in [0.1, 0.15) is 39.5 Å². The Balaban J connectivity index is 2.12. The number of nitrogens with zero attached hydrogens (tertiary/aromatic N) is 1. The molecule has 1 aliphatic heterocycles. The van der Waals surface area contributed by atoms with Crippen molar-refractivity contribution in [3.8, 4) is 0 Å². The number of β-amino-alcohol motifs (C(OH)–C–C–N with tert-alkyl or cyclic N) is 1. The number of piperidine rings is 1. The molecule has 0 amide bonds. The van der Waals surface area contributed by atoms with Crippen LogP contribution < -0.4 is 5.32 Å². The second-order valence-electron chi connectivity index (χ2n) is 4.59. The molecule has 1 saturated heterocycles. The summed E-state index contributed by atoms with van der Waals surface area (Å²) in [7, 11) is 0. The summed E-state index contributed by atoms with van der Waals surface area (Å²) in [6.45, 7) is 8.52. The molecule has 0 aliphatic carbocycles. The highest BCUT2D eigenvalue weighted by Gasteiger charge is 2.19. The third kappa shape index (κ3) is 4.96. The third-order valence-electron chi connectivity index (χ3n) is 3.21. The molecule has 0 bridgehead atoms. The summed E-state index contributed by atoms with van der Waals surface area (Å²) in [6.07, 6.45) is 4.42. The van der Waals surface area contributed by atoms with Crippen LogP contribution in [0.25, 0.3) is 0 Å². The summed E-state index contributed by atoms with van der Waals surface area (Å²) >= 11 is 0. The summed E-state index contributed by atoms with van der Waals surface area (Å²) in [5.41, 5.74) is 0. The SMILES string of the molecule is CCCNC1CCN(CC(O)CC)CC1. The average Bonchev–Trinajstić information content (AvgIpc) is 2.28. The van der Waals surface area contributed by atoms with Crippen LogP contribution in [0, 0.1) is 0 Å². The number of likely N-dealkylation sites (tertiary alicyclic amines) is 1. The summed E-state index contributed by atoms with van der Waals surface area (Å²) < 4.78 is 0. The summed E-state index contributed by atoms with van der Waals surface area (Å²) in [5.74, 6) is 0. The van der Waals surface area contributed by atoms with Gasteiger partial charge in [0.25, 0.3) is 0 Å². The fraction of sp³-hybridized carbons (Fsp3) is 1.00. The van der Waals surface area contributed by atoms with E-state index < -0.39 is 0 Å². The van der Waals surface area contributed by atoms with Crippen molar-refractivity contribution >= 4 is 0 Å². The number of nitrogens with one attached hydrogen (secondary N) is 1. The highest BCUT2D eigenvalue weighted by Crippen LogP contribution is 2.11. The van der Waals surface area contributed by atoms with Crippen LogP contribution in [0.2, 0.25) is 0 Å². The lowest BCUT2D eigenvalue weighted by molar-refractivity contribution is 0.0916. The lowest BCUT2D eigenvalue weighted by Crippen LogP contribution is -2.44. The molecule has 1 fully saturated rings. The predicted octanol–water partition coefficient (Wildman–Crippen LogP) is 1.22. The van der Waals surface area contributed by atoms with Gasteiger partial charge in [-0.05, 0) is 45.3 Å². The molecule has 90 valence electrons. The summed E-state index contributed by atoms with van der Waals surface area (Å²) in [6, 6.07) is 0.708. The second-order valence-corrected chi connectivity index (χ2v) is 4.59. The van der Waals surface area contributed by atoms with E-state index in [1.165, 1.54) is 19.3 Å². The fourth-order valence-corrected chi connectivity index (χ4v) is 2.10. The van der Waals surface area contributed by atoms with Crippen molar-refractivity contribution in [1.82, 2.24) is 10.2 Å². The van der Waals surface area contributed by atoms with Crippen LogP contribution in [0.15, 0.2) is 0 Å². The standard InChI is InChI=1S/C12H26N2O/c1-3-7-13-11-5-8-14(9-6-11)10-12(15)4-2/h11-13,15H,3-10H2,1-2H3. The summed E-state index contributed by atoms with van der Waals surface area (Å²) in [5, 5.41) is 13.1. The van der Waals surface area contributed by atoms with E-state index in [2.05, 4.69) is 17.1 Å². The minimum atomic E-state index is -0.134. The van der Waals surface area contributed by atoms with Gasteiger partial charge in [0.05, 0.1) is 6.10 Å². The zero-order valence-corrected chi connectivity index (χ0v) is 10.2. The molecule has 0 aromatic heterocycles. The zero-order chi connectivity index (χ0) is 11.1. The van der Waals surface area contributed by atoms with Gasteiger partial charge in [0.1, 0.15) is 0 Å². The van der Waals surface area contributed by atoms with E-state index in [-0.39, 0.29) is 6.10 Å². The molecule has 1 rings (SSSR count). The Morgan fingerprint density at radius 2 is 2.00 bits per heavy atom. The van der Waals surface area contributed by atoms with Crippen molar-refractivity contribution in [2.24, 2.45) is 0 Å². The largest absolute Gasteiger partial charge is 0.392 e. The minimum absolute atomic E-state index is 0.134. The van der Waals surface area contributed by atoms with Gasteiger partial charge in [-0.1, -0.05) is 13.8 Å². The number of aliphatic hydroxyl groups excluding tert-OH is 1. The smallest absolute Gasteiger partial charge is 0.0664 e. The van der Waals surface area contributed by atoms with Gasteiger partial charge in [0.2, 0.25) is 0 Å². The Labute approximate surface area is 93.9 Å². The van der Waals surface area contributed by atoms with Gasteiger partial charge in [0, 0.05) is 12.6 Å². The Kier molecular flexibility index (Phi) is 6.22. The maximum absolute atomic E-state index is 9.56. The Bertz CT molecular complexity index is 156.